The van der Waals surface area contributed by atoms with Crippen LogP contribution in [0.4, 0.5) is 0 Å². The summed E-state index contributed by atoms with van der Waals surface area (Å²) in [6.45, 7) is 4.14. The fourth-order valence-electron chi connectivity index (χ4n) is 3.09. The van der Waals surface area contributed by atoms with Crippen molar-refractivity contribution in [1.82, 2.24) is 10.2 Å². The first kappa shape index (κ1) is 10.0. The molecule has 2 nitrogen and oxygen atoms in total. The zero-order valence-electron chi connectivity index (χ0n) is 9.00. The molecule has 1 N–H and O–H groups in total. The minimum atomic E-state index is 0.742. The van der Waals surface area contributed by atoms with Crippen molar-refractivity contribution in [2.75, 3.05) is 13.1 Å². The van der Waals surface area contributed by atoms with Crippen LogP contribution in [0.1, 0.15) is 32.6 Å². The van der Waals surface area contributed by atoms with Crippen LogP contribution in [0.25, 0.3) is 0 Å². The van der Waals surface area contributed by atoms with E-state index in [1.165, 1.54) is 25.7 Å². The van der Waals surface area contributed by atoms with Crippen molar-refractivity contribution in [2.24, 2.45) is 0 Å². The van der Waals surface area contributed by atoms with Gasteiger partial charge in [-0.3, -0.25) is 4.90 Å². The largest absolute Gasteiger partial charge is 0.314 e. The molecule has 2 saturated heterocycles. The van der Waals surface area contributed by atoms with Crippen molar-refractivity contribution in [3.8, 4) is 12.3 Å². The molecule has 0 aromatic carbocycles. The minimum Gasteiger partial charge on any atom is -0.314 e. The normalized spacial score (nSPS) is 37.0. The van der Waals surface area contributed by atoms with Gasteiger partial charge in [0.05, 0.1) is 6.54 Å². The number of nitrogens with one attached hydrogen (secondary N) is 1. The molecule has 2 atom stereocenters. The van der Waals surface area contributed by atoms with Crippen molar-refractivity contribution in [3.63, 3.8) is 0 Å². The number of fused-ring (bicyclic) bond motifs is 2. The van der Waals surface area contributed by atoms with Gasteiger partial charge in [0.25, 0.3) is 0 Å². The zero-order chi connectivity index (χ0) is 9.97. The smallest absolute Gasteiger partial charge is 0.0603 e. The summed E-state index contributed by atoms with van der Waals surface area (Å²) in [5.41, 5.74) is 0. The van der Waals surface area contributed by atoms with Gasteiger partial charge in [-0.15, -0.1) is 6.42 Å². The summed E-state index contributed by atoms with van der Waals surface area (Å²) in [6.07, 6.45) is 10.7. The fourth-order valence-corrected chi connectivity index (χ4v) is 3.09. The van der Waals surface area contributed by atoms with Crippen LogP contribution in [-0.4, -0.2) is 36.1 Å². The first-order valence-corrected chi connectivity index (χ1v) is 5.77. The second-order valence-corrected chi connectivity index (χ2v) is 4.49. The van der Waals surface area contributed by atoms with Gasteiger partial charge in [-0.25, -0.2) is 0 Å². The van der Waals surface area contributed by atoms with Gasteiger partial charge >= 0.3 is 0 Å². The lowest BCUT2D eigenvalue weighted by atomic mass is 9.97. The number of rotatable bonds is 3. The molecule has 2 aliphatic heterocycles. The van der Waals surface area contributed by atoms with E-state index in [1.807, 2.05) is 0 Å². The maximum absolute atomic E-state index is 5.40. The van der Waals surface area contributed by atoms with E-state index in [9.17, 15) is 0 Å². The number of piperidine rings is 1. The molecule has 0 aliphatic carbocycles. The molecule has 2 bridgehead atoms. The van der Waals surface area contributed by atoms with Crippen molar-refractivity contribution >= 4 is 0 Å². The lowest BCUT2D eigenvalue weighted by Gasteiger charge is -2.38. The van der Waals surface area contributed by atoms with E-state index in [2.05, 4.69) is 23.1 Å². The minimum absolute atomic E-state index is 0.742. The maximum atomic E-state index is 5.40. The second-order valence-electron chi connectivity index (χ2n) is 4.49. The highest BCUT2D eigenvalue weighted by atomic mass is 15.2. The summed E-state index contributed by atoms with van der Waals surface area (Å²) < 4.78 is 0. The lowest BCUT2D eigenvalue weighted by molar-refractivity contribution is 0.134. The zero-order valence-corrected chi connectivity index (χ0v) is 9.00. The highest BCUT2D eigenvalue weighted by Gasteiger charge is 2.39. The lowest BCUT2D eigenvalue weighted by Crippen LogP contribution is -2.49. The molecule has 2 unspecified atom stereocenters. The van der Waals surface area contributed by atoms with Crippen LogP contribution in [0.5, 0.6) is 0 Å². The summed E-state index contributed by atoms with van der Waals surface area (Å²) in [7, 11) is 0. The molecule has 2 heterocycles. The highest BCUT2D eigenvalue weighted by Crippen LogP contribution is 2.35. The topological polar surface area (TPSA) is 15.3 Å². The summed E-state index contributed by atoms with van der Waals surface area (Å²) in [4.78, 5) is 2.54. The monoisotopic (exact) mass is 192 g/mol. The van der Waals surface area contributed by atoms with Crippen LogP contribution < -0.4 is 5.32 Å². The number of nitrogens with zero attached hydrogens (tertiary/aromatic N) is 1. The SMILES string of the molecule is C#CCN1C2CCC1CC(NCC)C2. The van der Waals surface area contributed by atoms with E-state index in [0.717, 1.165) is 31.2 Å². The van der Waals surface area contributed by atoms with Gasteiger partial charge in [0.2, 0.25) is 0 Å². The average Bonchev–Trinajstić information content (AvgIpc) is 2.44. The Bertz CT molecular complexity index is 217. The van der Waals surface area contributed by atoms with Crippen LogP contribution in [0.3, 0.4) is 0 Å². The Morgan fingerprint density at radius 1 is 1.36 bits per heavy atom. The molecule has 2 fully saturated rings. The molecule has 0 amide bonds. The predicted molar refractivity (Wildman–Crippen MR) is 59.0 cm³/mol. The Morgan fingerprint density at radius 2 is 2.00 bits per heavy atom. The average molecular weight is 192 g/mol. The number of hydrogen-bond acceptors (Lipinski definition) is 2. The van der Waals surface area contributed by atoms with E-state index in [0.29, 0.717) is 0 Å². The Labute approximate surface area is 87.1 Å². The Morgan fingerprint density at radius 3 is 2.50 bits per heavy atom. The predicted octanol–water partition coefficient (Wildman–Crippen LogP) is 1.22. The molecule has 2 aliphatic rings. The first-order chi connectivity index (χ1) is 6.85. The number of terminal acetylenes is 1. The van der Waals surface area contributed by atoms with E-state index < -0.39 is 0 Å². The standard InChI is InChI=1S/C12H20N2/c1-3-7-14-11-5-6-12(14)9-10(8-11)13-4-2/h1,10-13H,4-9H2,2H3. The third-order valence-electron chi connectivity index (χ3n) is 3.65. The first-order valence-electron chi connectivity index (χ1n) is 5.77. The van der Waals surface area contributed by atoms with Gasteiger partial charge in [-0.2, -0.15) is 0 Å². The van der Waals surface area contributed by atoms with Crippen LogP contribution in [0, 0.1) is 12.3 Å². The Kier molecular flexibility index (Phi) is 3.10. The van der Waals surface area contributed by atoms with Crippen molar-refractivity contribution in [3.05, 3.63) is 0 Å². The quantitative estimate of drug-likeness (QED) is 0.676. The molecule has 14 heavy (non-hydrogen) atoms. The van der Waals surface area contributed by atoms with Gasteiger partial charge < -0.3 is 5.32 Å². The van der Waals surface area contributed by atoms with E-state index in [4.69, 9.17) is 6.42 Å². The molecule has 0 radical (unpaired) electrons. The summed E-state index contributed by atoms with van der Waals surface area (Å²) in [5.74, 6) is 2.79. The third-order valence-corrected chi connectivity index (χ3v) is 3.65. The van der Waals surface area contributed by atoms with E-state index in [-0.39, 0.29) is 0 Å². The Hall–Kier alpha value is -0.520. The molecular formula is C12H20N2. The van der Waals surface area contributed by atoms with E-state index in [1.54, 1.807) is 0 Å². The Balaban J connectivity index is 1.95. The summed E-state index contributed by atoms with van der Waals surface area (Å²) >= 11 is 0. The van der Waals surface area contributed by atoms with Gasteiger partial charge in [-0.1, -0.05) is 12.8 Å². The van der Waals surface area contributed by atoms with Crippen LogP contribution >= 0.6 is 0 Å². The molecule has 0 spiro atoms. The molecule has 0 aromatic heterocycles. The molecule has 2 heteroatoms. The van der Waals surface area contributed by atoms with Crippen LogP contribution in [0.15, 0.2) is 0 Å². The van der Waals surface area contributed by atoms with E-state index >= 15 is 0 Å². The summed E-state index contributed by atoms with van der Waals surface area (Å²) in [6, 6.07) is 2.26. The van der Waals surface area contributed by atoms with Crippen molar-refractivity contribution in [1.29, 1.82) is 0 Å². The van der Waals surface area contributed by atoms with Gasteiger partial charge in [0.1, 0.15) is 0 Å². The van der Waals surface area contributed by atoms with Crippen LogP contribution in [-0.2, 0) is 0 Å². The van der Waals surface area contributed by atoms with Gasteiger partial charge in [-0.05, 0) is 32.2 Å². The molecule has 0 aromatic rings. The summed E-state index contributed by atoms with van der Waals surface area (Å²) in [5, 5.41) is 3.57. The molecule has 0 saturated carbocycles. The fraction of sp³-hybridized carbons (Fsp3) is 0.833. The molecule has 78 valence electrons. The molecule has 2 rings (SSSR count). The second kappa shape index (κ2) is 4.33. The van der Waals surface area contributed by atoms with Crippen molar-refractivity contribution in [2.45, 2.75) is 50.7 Å². The van der Waals surface area contributed by atoms with Gasteiger partial charge in [0.15, 0.2) is 0 Å². The maximum Gasteiger partial charge on any atom is 0.0603 e. The van der Waals surface area contributed by atoms with Crippen LogP contribution in [0.2, 0.25) is 0 Å². The number of hydrogen-bond donors (Lipinski definition) is 1. The van der Waals surface area contributed by atoms with Crippen molar-refractivity contribution < 1.29 is 0 Å². The highest BCUT2D eigenvalue weighted by molar-refractivity contribution is 5.02. The molecular weight excluding hydrogens is 172 g/mol. The van der Waals surface area contributed by atoms with Gasteiger partial charge in [0, 0.05) is 18.1 Å². The third kappa shape index (κ3) is 1.80.